The monoisotopic (exact) mass is 463 g/mol. The third-order valence-electron chi connectivity index (χ3n) is 3.53. The van der Waals surface area contributed by atoms with Gasteiger partial charge in [0.05, 0.1) is 6.61 Å². The van der Waals surface area contributed by atoms with Crippen LogP contribution in [0.4, 0.5) is 48.3 Å². The minimum absolute atomic E-state index is 0.141. The van der Waals surface area contributed by atoms with E-state index in [1.54, 1.807) is 6.92 Å². The Labute approximate surface area is 152 Å². The van der Waals surface area contributed by atoms with Crippen molar-refractivity contribution in [2.45, 2.75) is 55.4 Å². The molecule has 1 N–H and O–H groups in total. The fraction of sp³-hybridized carbons (Fsp3) is 1.00. The van der Waals surface area contributed by atoms with Gasteiger partial charge >= 0.3 is 29.2 Å². The van der Waals surface area contributed by atoms with Crippen molar-refractivity contribution in [3.63, 3.8) is 0 Å². The fourth-order valence-corrected chi connectivity index (χ4v) is 3.35. The van der Waals surface area contributed by atoms with Gasteiger partial charge in [0.2, 0.25) is 0 Å². The SMILES string of the molecule is CCCCCN(CCO)S(=O)(=O)C(F)(F)C(F)(F)C(F)(F)C(F)(F)C(F)(F)F. The highest BCUT2D eigenvalue weighted by Gasteiger charge is 2.89. The van der Waals surface area contributed by atoms with E-state index in [1.807, 2.05) is 0 Å². The molecule has 16 heteroatoms. The molecule has 0 fully saturated rings. The molecule has 4 nitrogen and oxygen atoms in total. The maximum Gasteiger partial charge on any atom is 0.460 e. The molecule has 28 heavy (non-hydrogen) atoms. The lowest BCUT2D eigenvalue weighted by Crippen LogP contribution is -2.69. The highest BCUT2D eigenvalue weighted by Crippen LogP contribution is 2.58. The standard InChI is InChI=1S/C12H16F11NO3S/c1-2-3-4-5-24(6-7-25)28(26,27)12(22,23)10(17,18)8(13,14)9(15,16)11(19,20)21/h25H,2-7H2,1H3. The normalized spacial score (nSPS) is 15.4. The van der Waals surface area contributed by atoms with E-state index in [1.165, 1.54) is 0 Å². The number of sulfonamides is 1. The third-order valence-corrected chi connectivity index (χ3v) is 5.48. The van der Waals surface area contributed by atoms with E-state index >= 15 is 0 Å². The fourth-order valence-electron chi connectivity index (χ4n) is 1.88. The lowest BCUT2D eigenvalue weighted by molar-refractivity contribution is -0.413. The Kier molecular flexibility index (Phi) is 8.18. The highest BCUT2D eigenvalue weighted by atomic mass is 32.2. The van der Waals surface area contributed by atoms with Gasteiger partial charge in [0.15, 0.2) is 0 Å². The average Bonchev–Trinajstić information content (AvgIpc) is 2.52. The van der Waals surface area contributed by atoms with E-state index in [4.69, 9.17) is 5.11 Å². The summed E-state index contributed by atoms with van der Waals surface area (Å²) in [6.45, 7) is -2.00. The van der Waals surface area contributed by atoms with Gasteiger partial charge in [0.25, 0.3) is 10.0 Å². The average molecular weight is 463 g/mol. The van der Waals surface area contributed by atoms with Crippen molar-refractivity contribution in [3.8, 4) is 0 Å². The second kappa shape index (κ2) is 8.45. The quantitative estimate of drug-likeness (QED) is 0.374. The largest absolute Gasteiger partial charge is 0.460 e. The van der Waals surface area contributed by atoms with Gasteiger partial charge in [-0.05, 0) is 6.42 Å². The number of hydrogen-bond acceptors (Lipinski definition) is 3. The van der Waals surface area contributed by atoms with Gasteiger partial charge in [-0.2, -0.15) is 52.6 Å². The van der Waals surface area contributed by atoms with Gasteiger partial charge in [-0.25, -0.2) is 8.42 Å². The molecule has 0 aliphatic rings. The summed E-state index contributed by atoms with van der Waals surface area (Å²) in [7, 11) is -6.88. The van der Waals surface area contributed by atoms with Crippen LogP contribution in [0.5, 0.6) is 0 Å². The first kappa shape index (κ1) is 27.1. The number of alkyl halides is 11. The summed E-state index contributed by atoms with van der Waals surface area (Å²) >= 11 is 0. The summed E-state index contributed by atoms with van der Waals surface area (Å²) in [5.74, 6) is -23.1. The molecule has 0 aromatic rings. The van der Waals surface area contributed by atoms with Crippen molar-refractivity contribution in [3.05, 3.63) is 0 Å². The van der Waals surface area contributed by atoms with Crippen molar-refractivity contribution >= 4 is 10.0 Å². The molecule has 0 unspecified atom stereocenters. The van der Waals surface area contributed by atoms with Crippen LogP contribution in [0.3, 0.4) is 0 Å². The molecule has 0 rings (SSSR count). The number of halogens is 11. The number of nitrogens with zero attached hydrogens (tertiary/aromatic N) is 1. The van der Waals surface area contributed by atoms with Crippen LogP contribution < -0.4 is 0 Å². The minimum Gasteiger partial charge on any atom is -0.395 e. The van der Waals surface area contributed by atoms with Gasteiger partial charge in [-0.3, -0.25) is 0 Å². The zero-order valence-electron chi connectivity index (χ0n) is 14.0. The lowest BCUT2D eigenvalue weighted by atomic mass is 10.0. The molecule has 0 saturated carbocycles. The maximum atomic E-state index is 13.8. The first-order valence-electron chi connectivity index (χ1n) is 7.45. The van der Waals surface area contributed by atoms with Crippen LogP contribution in [0.2, 0.25) is 0 Å². The summed E-state index contributed by atoms with van der Waals surface area (Å²) in [4.78, 5) is 0. The Morgan fingerprint density at radius 3 is 1.57 bits per heavy atom. The molecule has 0 aromatic heterocycles. The predicted molar refractivity (Wildman–Crippen MR) is 72.9 cm³/mol. The number of hydrogen-bond donors (Lipinski definition) is 1. The van der Waals surface area contributed by atoms with Crippen molar-refractivity contribution < 1.29 is 61.8 Å². The van der Waals surface area contributed by atoms with Crippen molar-refractivity contribution in [2.75, 3.05) is 19.7 Å². The Hall–Kier alpha value is -0.900. The van der Waals surface area contributed by atoms with E-state index in [0.29, 0.717) is 6.42 Å². The second-order valence-corrected chi connectivity index (χ2v) is 7.55. The molecule has 0 radical (unpaired) electrons. The van der Waals surface area contributed by atoms with Gasteiger partial charge < -0.3 is 5.11 Å². The van der Waals surface area contributed by atoms with E-state index in [0.717, 1.165) is 0 Å². The molecule has 0 atom stereocenters. The molecule has 0 aliphatic carbocycles. The summed E-state index contributed by atoms with van der Waals surface area (Å²) in [5.41, 5.74) is 0. The van der Waals surface area contributed by atoms with Gasteiger partial charge in [0, 0.05) is 13.1 Å². The summed E-state index contributed by atoms with van der Waals surface area (Å²) in [6.07, 6.45) is -7.16. The van der Waals surface area contributed by atoms with Crippen LogP contribution in [0, 0.1) is 0 Å². The zero-order chi connectivity index (χ0) is 22.8. The molecule has 0 aliphatic heterocycles. The minimum atomic E-state index is -7.82. The van der Waals surface area contributed by atoms with Crippen LogP contribution in [-0.2, 0) is 10.0 Å². The zero-order valence-corrected chi connectivity index (χ0v) is 14.8. The van der Waals surface area contributed by atoms with Crippen LogP contribution in [-0.4, -0.2) is 66.7 Å². The molecule has 0 spiro atoms. The van der Waals surface area contributed by atoms with Gasteiger partial charge in [0.1, 0.15) is 0 Å². The van der Waals surface area contributed by atoms with E-state index < -0.39 is 63.2 Å². The van der Waals surface area contributed by atoms with Gasteiger partial charge in [-0.1, -0.05) is 19.8 Å². The Balaban J connectivity index is 6.28. The Morgan fingerprint density at radius 2 is 1.21 bits per heavy atom. The van der Waals surface area contributed by atoms with Crippen LogP contribution >= 0.6 is 0 Å². The maximum absolute atomic E-state index is 13.8. The summed E-state index contributed by atoms with van der Waals surface area (Å²) in [5, 5.41) is 1.61. The van der Waals surface area contributed by atoms with E-state index in [-0.39, 0.29) is 12.8 Å². The molecule has 0 bridgehead atoms. The Morgan fingerprint density at radius 1 is 0.750 bits per heavy atom. The van der Waals surface area contributed by atoms with E-state index in [9.17, 15) is 56.7 Å². The summed E-state index contributed by atoms with van der Waals surface area (Å²) < 4.78 is 166. The lowest BCUT2D eigenvalue weighted by Gasteiger charge is -2.38. The molecule has 0 amide bonds. The Bertz CT molecular complexity index is 619. The topological polar surface area (TPSA) is 57.6 Å². The molecule has 0 heterocycles. The van der Waals surface area contributed by atoms with E-state index in [2.05, 4.69) is 0 Å². The van der Waals surface area contributed by atoms with Crippen molar-refractivity contribution in [1.82, 2.24) is 4.31 Å². The second-order valence-electron chi connectivity index (χ2n) is 5.57. The number of rotatable bonds is 11. The third kappa shape index (κ3) is 4.32. The molecular formula is C12H16F11NO3S. The summed E-state index contributed by atoms with van der Waals surface area (Å²) in [6, 6.07) is 0. The number of unbranched alkanes of at least 4 members (excludes halogenated alkanes) is 2. The van der Waals surface area contributed by atoms with Gasteiger partial charge in [-0.15, -0.1) is 0 Å². The molecule has 0 saturated heterocycles. The van der Waals surface area contributed by atoms with Crippen LogP contribution in [0.1, 0.15) is 26.2 Å². The van der Waals surface area contributed by atoms with Crippen LogP contribution in [0.15, 0.2) is 0 Å². The first-order valence-corrected chi connectivity index (χ1v) is 8.89. The smallest absolute Gasteiger partial charge is 0.395 e. The number of aliphatic hydroxyl groups excluding tert-OH is 1. The van der Waals surface area contributed by atoms with Crippen LogP contribution in [0.25, 0.3) is 0 Å². The molecular weight excluding hydrogens is 447 g/mol. The number of aliphatic hydroxyl groups is 1. The van der Waals surface area contributed by atoms with Crippen molar-refractivity contribution in [2.24, 2.45) is 0 Å². The predicted octanol–water partition coefficient (Wildman–Crippen LogP) is 3.86. The highest BCUT2D eigenvalue weighted by molar-refractivity contribution is 7.90. The van der Waals surface area contributed by atoms with Crippen molar-refractivity contribution in [1.29, 1.82) is 0 Å². The molecule has 0 aromatic carbocycles. The molecule has 170 valence electrons. The first-order chi connectivity index (χ1) is 12.3.